The van der Waals surface area contributed by atoms with E-state index >= 15 is 0 Å². The summed E-state index contributed by atoms with van der Waals surface area (Å²) in [6, 6.07) is 20.2. The van der Waals surface area contributed by atoms with Gasteiger partial charge in [0.15, 0.2) is 5.82 Å². The number of carbonyl (C=O) groups is 1. The van der Waals surface area contributed by atoms with Gasteiger partial charge in [-0.1, -0.05) is 6.07 Å². The standard InChI is InChI=1S/C29H25FN10O/c1-31-29-33-13-11-23(38-29)24-15-19-14-18(5-10-22(19)36-24)28(41)37-25(27-34-17-35-39-27)16-40(26-4-2-3-12-32-26)21-8-6-20(30)7-9-21/h2-15,17,25,36H,16H2,1H3,(H,37,41)(H,31,33,38)(H,34,35,39). The van der Waals surface area contributed by atoms with E-state index in [2.05, 4.69) is 45.8 Å². The number of hydrogen-bond acceptors (Lipinski definition) is 8. The molecule has 0 spiro atoms. The van der Waals surface area contributed by atoms with Crippen molar-refractivity contribution in [2.24, 2.45) is 0 Å². The number of aromatic amines is 2. The zero-order chi connectivity index (χ0) is 28.2. The van der Waals surface area contributed by atoms with Crippen LogP contribution in [0.4, 0.5) is 21.8 Å². The zero-order valence-electron chi connectivity index (χ0n) is 21.9. The molecule has 0 bridgehead atoms. The monoisotopic (exact) mass is 548 g/mol. The molecule has 4 heterocycles. The summed E-state index contributed by atoms with van der Waals surface area (Å²) in [5, 5.41) is 15.0. The maximum Gasteiger partial charge on any atom is 0.251 e. The van der Waals surface area contributed by atoms with Crippen molar-refractivity contribution in [3.05, 3.63) is 109 Å². The highest BCUT2D eigenvalue weighted by Gasteiger charge is 2.24. The summed E-state index contributed by atoms with van der Waals surface area (Å²) < 4.78 is 13.7. The molecule has 1 amide bonds. The lowest BCUT2D eigenvalue weighted by atomic mass is 10.1. The zero-order valence-corrected chi connectivity index (χ0v) is 21.9. The number of amides is 1. The molecule has 0 saturated carbocycles. The van der Waals surface area contributed by atoms with Crippen molar-refractivity contribution in [2.45, 2.75) is 6.04 Å². The Labute approximate surface area is 233 Å². The number of pyridine rings is 1. The molecule has 1 atom stereocenters. The number of carbonyl (C=O) groups excluding carboxylic acids is 1. The highest BCUT2D eigenvalue weighted by molar-refractivity contribution is 5.99. The van der Waals surface area contributed by atoms with E-state index in [-0.39, 0.29) is 18.3 Å². The maximum atomic E-state index is 13.7. The van der Waals surface area contributed by atoms with Crippen LogP contribution >= 0.6 is 0 Å². The average Bonchev–Trinajstić information content (AvgIpc) is 3.71. The van der Waals surface area contributed by atoms with Gasteiger partial charge in [-0.25, -0.2) is 19.3 Å². The summed E-state index contributed by atoms with van der Waals surface area (Å²) in [4.78, 5) is 34.9. The summed E-state index contributed by atoms with van der Waals surface area (Å²) in [6.07, 6.45) is 4.81. The average molecular weight is 549 g/mol. The first kappa shape index (κ1) is 25.6. The molecule has 11 nitrogen and oxygen atoms in total. The fraction of sp³-hybridized carbons (Fsp3) is 0.103. The molecule has 12 heteroatoms. The fourth-order valence-corrected chi connectivity index (χ4v) is 4.52. The van der Waals surface area contributed by atoms with Crippen molar-refractivity contribution < 1.29 is 9.18 Å². The van der Waals surface area contributed by atoms with Gasteiger partial charge in [0, 0.05) is 41.6 Å². The molecular formula is C29H25FN10O. The van der Waals surface area contributed by atoms with Gasteiger partial charge in [-0.3, -0.25) is 4.79 Å². The topological polar surface area (TPSA) is 140 Å². The van der Waals surface area contributed by atoms with Gasteiger partial charge in [-0.2, -0.15) is 0 Å². The molecule has 204 valence electrons. The molecule has 4 N–H and O–H groups in total. The van der Waals surface area contributed by atoms with Gasteiger partial charge in [0.2, 0.25) is 5.95 Å². The van der Waals surface area contributed by atoms with Gasteiger partial charge < -0.3 is 25.5 Å². The van der Waals surface area contributed by atoms with Crippen LogP contribution in [-0.4, -0.2) is 54.6 Å². The molecule has 0 saturated heterocycles. The van der Waals surface area contributed by atoms with Crippen LogP contribution in [0.5, 0.6) is 0 Å². The van der Waals surface area contributed by atoms with E-state index in [9.17, 15) is 9.18 Å². The normalized spacial score (nSPS) is 11.8. The number of benzene rings is 2. The van der Waals surface area contributed by atoms with Crippen molar-refractivity contribution in [1.29, 1.82) is 0 Å². The Bertz CT molecular complexity index is 1770. The smallest absolute Gasteiger partial charge is 0.251 e. The largest absolute Gasteiger partial charge is 0.357 e. The molecule has 0 fully saturated rings. The maximum absolute atomic E-state index is 13.7. The van der Waals surface area contributed by atoms with E-state index in [0.29, 0.717) is 28.8 Å². The summed E-state index contributed by atoms with van der Waals surface area (Å²) in [5.41, 5.74) is 3.58. The molecule has 41 heavy (non-hydrogen) atoms. The Morgan fingerprint density at radius 1 is 1.02 bits per heavy atom. The molecule has 0 radical (unpaired) electrons. The van der Waals surface area contributed by atoms with Gasteiger partial charge in [0.05, 0.1) is 17.9 Å². The third-order valence-corrected chi connectivity index (χ3v) is 6.54. The van der Waals surface area contributed by atoms with Crippen LogP contribution in [0.3, 0.4) is 0 Å². The number of halogens is 1. The SMILES string of the molecule is CNc1nccc(-c2cc3cc(C(=O)NC(CN(c4ccc(F)cc4)c4ccccn4)c4nnc[nH]4)ccc3[nH]2)n1. The van der Waals surface area contributed by atoms with Gasteiger partial charge in [0.1, 0.15) is 24.0 Å². The minimum atomic E-state index is -0.601. The van der Waals surface area contributed by atoms with Gasteiger partial charge >= 0.3 is 0 Å². The summed E-state index contributed by atoms with van der Waals surface area (Å²) in [5.74, 6) is 0.969. The lowest BCUT2D eigenvalue weighted by Gasteiger charge is -2.28. The Kier molecular flexibility index (Phi) is 7.01. The first-order valence-corrected chi connectivity index (χ1v) is 12.8. The van der Waals surface area contributed by atoms with Crippen molar-refractivity contribution >= 4 is 34.3 Å². The molecular weight excluding hydrogens is 523 g/mol. The van der Waals surface area contributed by atoms with Gasteiger partial charge in [-0.05, 0) is 66.7 Å². The lowest BCUT2D eigenvalue weighted by molar-refractivity contribution is 0.0936. The number of hydrogen-bond donors (Lipinski definition) is 4. The second-order valence-electron chi connectivity index (χ2n) is 9.18. The van der Waals surface area contributed by atoms with Crippen LogP contribution in [0.2, 0.25) is 0 Å². The van der Waals surface area contributed by atoms with Crippen molar-refractivity contribution in [3.8, 4) is 11.4 Å². The quantitative estimate of drug-likeness (QED) is 0.205. The molecule has 0 aliphatic heterocycles. The Balaban J connectivity index is 1.29. The lowest BCUT2D eigenvalue weighted by Crippen LogP contribution is -2.37. The van der Waals surface area contributed by atoms with Crippen LogP contribution in [0.1, 0.15) is 22.2 Å². The van der Waals surface area contributed by atoms with E-state index < -0.39 is 6.04 Å². The number of rotatable bonds is 9. The summed E-state index contributed by atoms with van der Waals surface area (Å²) >= 11 is 0. The number of H-pyrrole nitrogens is 2. The fourth-order valence-electron chi connectivity index (χ4n) is 4.52. The number of nitrogens with one attached hydrogen (secondary N) is 4. The number of anilines is 3. The second-order valence-corrected chi connectivity index (χ2v) is 9.18. The van der Waals surface area contributed by atoms with Crippen LogP contribution in [-0.2, 0) is 0 Å². The van der Waals surface area contributed by atoms with Crippen LogP contribution in [0, 0.1) is 5.82 Å². The molecule has 6 aromatic rings. The number of fused-ring (bicyclic) bond motifs is 1. The molecule has 6 rings (SSSR count). The Hall–Kier alpha value is -5.65. The summed E-state index contributed by atoms with van der Waals surface area (Å²) in [7, 11) is 1.76. The molecule has 1 unspecified atom stereocenters. The highest BCUT2D eigenvalue weighted by atomic mass is 19.1. The predicted molar refractivity (Wildman–Crippen MR) is 153 cm³/mol. The molecule has 0 aliphatic carbocycles. The van der Waals surface area contributed by atoms with E-state index in [4.69, 9.17) is 0 Å². The minimum absolute atomic E-state index is 0.252. The van der Waals surface area contributed by atoms with Gasteiger partial charge in [-0.15, -0.1) is 10.2 Å². The van der Waals surface area contributed by atoms with E-state index in [1.165, 1.54) is 18.5 Å². The third kappa shape index (κ3) is 5.57. The minimum Gasteiger partial charge on any atom is -0.357 e. The first-order valence-electron chi connectivity index (χ1n) is 12.8. The third-order valence-electron chi connectivity index (χ3n) is 6.54. The van der Waals surface area contributed by atoms with E-state index in [1.54, 1.807) is 37.6 Å². The molecule has 4 aromatic heterocycles. The predicted octanol–water partition coefficient (Wildman–Crippen LogP) is 4.63. The van der Waals surface area contributed by atoms with Crippen molar-refractivity contribution in [2.75, 3.05) is 23.8 Å². The number of aromatic nitrogens is 7. The van der Waals surface area contributed by atoms with Crippen LogP contribution in [0.25, 0.3) is 22.3 Å². The molecule has 0 aliphatic rings. The second kappa shape index (κ2) is 11.2. The number of nitrogens with zero attached hydrogens (tertiary/aromatic N) is 6. The van der Waals surface area contributed by atoms with Crippen LogP contribution in [0.15, 0.2) is 91.5 Å². The van der Waals surface area contributed by atoms with E-state index in [1.807, 2.05) is 47.4 Å². The van der Waals surface area contributed by atoms with E-state index in [0.717, 1.165) is 22.3 Å². The van der Waals surface area contributed by atoms with Crippen molar-refractivity contribution in [1.82, 2.24) is 40.4 Å². The highest BCUT2D eigenvalue weighted by Crippen LogP contribution is 2.27. The Morgan fingerprint density at radius 3 is 2.66 bits per heavy atom. The molecule has 2 aromatic carbocycles. The van der Waals surface area contributed by atoms with Crippen LogP contribution < -0.4 is 15.5 Å². The Morgan fingerprint density at radius 2 is 1.90 bits per heavy atom. The van der Waals surface area contributed by atoms with Crippen molar-refractivity contribution in [3.63, 3.8) is 0 Å². The van der Waals surface area contributed by atoms with Gasteiger partial charge in [0.25, 0.3) is 5.91 Å². The summed E-state index contributed by atoms with van der Waals surface area (Å²) in [6.45, 7) is 0.252. The first-order chi connectivity index (χ1) is 20.1.